The Bertz CT molecular complexity index is 808. The van der Waals surface area contributed by atoms with E-state index in [2.05, 4.69) is 16.3 Å². The second-order valence-electron chi connectivity index (χ2n) is 7.09. The fourth-order valence-electron chi connectivity index (χ4n) is 3.62. The molecule has 27 heavy (non-hydrogen) atoms. The van der Waals surface area contributed by atoms with Gasteiger partial charge in [0.1, 0.15) is 0 Å². The number of hydrogen-bond acceptors (Lipinski definition) is 4. The Balaban J connectivity index is 1.54. The number of likely N-dealkylation sites (tertiary alicyclic amines) is 1. The Morgan fingerprint density at radius 1 is 1.19 bits per heavy atom. The molecule has 1 aliphatic rings. The molecule has 1 aliphatic heterocycles. The highest BCUT2D eigenvalue weighted by Crippen LogP contribution is 2.31. The number of hydrogen-bond donors (Lipinski definition) is 2. The summed E-state index contributed by atoms with van der Waals surface area (Å²) < 4.78 is 0. The minimum Gasteiger partial charge on any atom is -0.388 e. The van der Waals surface area contributed by atoms with Crippen LogP contribution in [0.5, 0.6) is 0 Å². The molecule has 0 spiro atoms. The van der Waals surface area contributed by atoms with Gasteiger partial charge >= 0.3 is 0 Å². The molecule has 1 fully saturated rings. The van der Waals surface area contributed by atoms with E-state index in [1.807, 2.05) is 37.3 Å². The number of amides is 1. The van der Waals surface area contributed by atoms with Crippen LogP contribution >= 0.6 is 0 Å². The summed E-state index contributed by atoms with van der Waals surface area (Å²) in [7, 11) is 0. The number of rotatable bonds is 5. The maximum Gasteiger partial charge on any atom is 0.241 e. The molecule has 5 heteroatoms. The van der Waals surface area contributed by atoms with Crippen LogP contribution in [0.3, 0.4) is 0 Å². The number of nitrogens with zero attached hydrogens (tertiary/aromatic N) is 2. The zero-order valence-electron chi connectivity index (χ0n) is 15.5. The standard InChI is InChI=1S/C22H25N3O2/c1-16(22(27)24-20-9-5-6-17(14-20)15-23)25-12-10-19(11-13-25)21(26)18-7-3-2-4-8-18/h2-9,14,16,19,21,26H,10-13H2,1H3,(H,24,27)/t16-,21-/m1/s1. The summed E-state index contributed by atoms with van der Waals surface area (Å²) in [5.74, 6) is 0.137. The average molecular weight is 363 g/mol. The molecule has 0 aromatic heterocycles. The highest BCUT2D eigenvalue weighted by Gasteiger charge is 2.30. The van der Waals surface area contributed by atoms with Gasteiger partial charge in [-0.2, -0.15) is 5.26 Å². The van der Waals surface area contributed by atoms with Crippen LogP contribution in [-0.4, -0.2) is 35.0 Å². The molecule has 0 aliphatic carbocycles. The van der Waals surface area contributed by atoms with Crippen molar-refractivity contribution in [2.75, 3.05) is 18.4 Å². The number of piperidine rings is 1. The zero-order chi connectivity index (χ0) is 19.2. The van der Waals surface area contributed by atoms with Gasteiger partial charge in [0.05, 0.1) is 23.8 Å². The Labute approximate surface area is 160 Å². The predicted octanol–water partition coefficient (Wildman–Crippen LogP) is 3.33. The maximum absolute atomic E-state index is 12.6. The molecule has 0 unspecified atom stereocenters. The number of aliphatic hydroxyl groups excluding tert-OH is 1. The molecule has 0 radical (unpaired) electrons. The number of benzene rings is 2. The molecule has 5 nitrogen and oxygen atoms in total. The third-order valence-corrected chi connectivity index (χ3v) is 5.35. The van der Waals surface area contributed by atoms with Gasteiger partial charge in [-0.3, -0.25) is 9.69 Å². The van der Waals surface area contributed by atoms with E-state index in [0.29, 0.717) is 11.3 Å². The third kappa shape index (κ3) is 4.73. The molecule has 1 amide bonds. The zero-order valence-corrected chi connectivity index (χ0v) is 15.5. The van der Waals surface area contributed by atoms with Crippen LogP contribution in [0.25, 0.3) is 0 Å². The fraction of sp³-hybridized carbons (Fsp3) is 0.364. The van der Waals surface area contributed by atoms with Crippen LogP contribution in [0.1, 0.15) is 37.0 Å². The summed E-state index contributed by atoms with van der Waals surface area (Å²) in [6.45, 7) is 3.46. The van der Waals surface area contributed by atoms with Gasteiger partial charge < -0.3 is 10.4 Å². The van der Waals surface area contributed by atoms with E-state index in [0.717, 1.165) is 31.5 Å². The van der Waals surface area contributed by atoms with Crippen molar-refractivity contribution in [3.8, 4) is 6.07 Å². The van der Waals surface area contributed by atoms with Crippen molar-refractivity contribution < 1.29 is 9.90 Å². The van der Waals surface area contributed by atoms with Gasteiger partial charge in [0.2, 0.25) is 5.91 Å². The molecule has 2 aromatic rings. The van der Waals surface area contributed by atoms with Crippen molar-refractivity contribution in [3.05, 3.63) is 65.7 Å². The van der Waals surface area contributed by atoms with Crippen molar-refractivity contribution in [2.24, 2.45) is 5.92 Å². The Hall–Kier alpha value is -2.68. The molecule has 2 atom stereocenters. The SMILES string of the molecule is C[C@H](C(=O)Nc1cccc(C#N)c1)N1CCC([C@H](O)c2ccccc2)CC1. The largest absolute Gasteiger partial charge is 0.388 e. The van der Waals surface area contributed by atoms with E-state index in [1.54, 1.807) is 24.3 Å². The summed E-state index contributed by atoms with van der Waals surface area (Å²) in [6, 6.07) is 18.5. The average Bonchev–Trinajstić information content (AvgIpc) is 2.73. The van der Waals surface area contributed by atoms with Gasteiger partial charge in [-0.25, -0.2) is 0 Å². The summed E-state index contributed by atoms with van der Waals surface area (Å²) in [5.41, 5.74) is 2.12. The lowest BCUT2D eigenvalue weighted by Gasteiger charge is -2.37. The van der Waals surface area contributed by atoms with Gasteiger partial charge in [0, 0.05) is 5.69 Å². The van der Waals surface area contributed by atoms with Gasteiger partial charge in [0.25, 0.3) is 0 Å². The number of nitriles is 1. The normalized spacial score (nSPS) is 17.7. The van der Waals surface area contributed by atoms with Gasteiger partial charge in [-0.05, 0) is 62.5 Å². The van der Waals surface area contributed by atoms with Crippen LogP contribution in [0.15, 0.2) is 54.6 Å². The van der Waals surface area contributed by atoms with E-state index in [9.17, 15) is 9.90 Å². The van der Waals surface area contributed by atoms with Gasteiger partial charge in [0.15, 0.2) is 0 Å². The van der Waals surface area contributed by atoms with E-state index < -0.39 is 6.10 Å². The van der Waals surface area contributed by atoms with Crippen molar-refractivity contribution in [3.63, 3.8) is 0 Å². The molecule has 140 valence electrons. The Kier molecular flexibility index (Phi) is 6.23. The number of nitrogens with one attached hydrogen (secondary N) is 1. The Morgan fingerprint density at radius 2 is 1.89 bits per heavy atom. The molecule has 1 heterocycles. The summed E-state index contributed by atoms with van der Waals surface area (Å²) in [5, 5.41) is 22.5. The molecule has 1 saturated heterocycles. The molecule has 0 saturated carbocycles. The second-order valence-corrected chi connectivity index (χ2v) is 7.09. The Morgan fingerprint density at radius 3 is 2.56 bits per heavy atom. The van der Waals surface area contributed by atoms with Gasteiger partial charge in [-0.15, -0.1) is 0 Å². The summed E-state index contributed by atoms with van der Waals surface area (Å²) in [4.78, 5) is 14.7. The molecular weight excluding hydrogens is 338 g/mol. The van der Waals surface area contributed by atoms with Crippen molar-refractivity contribution in [2.45, 2.75) is 31.9 Å². The van der Waals surface area contributed by atoms with Crippen molar-refractivity contribution in [1.29, 1.82) is 5.26 Å². The van der Waals surface area contributed by atoms with Crippen LogP contribution in [0.4, 0.5) is 5.69 Å². The van der Waals surface area contributed by atoms with Crippen molar-refractivity contribution >= 4 is 11.6 Å². The first-order valence-corrected chi connectivity index (χ1v) is 9.36. The number of aliphatic hydroxyl groups is 1. The second kappa shape index (κ2) is 8.81. The smallest absolute Gasteiger partial charge is 0.241 e. The van der Waals surface area contributed by atoms with E-state index in [1.165, 1.54) is 0 Å². The van der Waals surface area contributed by atoms with E-state index in [4.69, 9.17) is 5.26 Å². The third-order valence-electron chi connectivity index (χ3n) is 5.35. The van der Waals surface area contributed by atoms with Crippen LogP contribution in [0, 0.1) is 17.2 Å². The number of carbonyl (C=O) groups excluding carboxylic acids is 1. The van der Waals surface area contributed by atoms with Crippen LogP contribution < -0.4 is 5.32 Å². The van der Waals surface area contributed by atoms with Gasteiger partial charge in [-0.1, -0.05) is 36.4 Å². The van der Waals surface area contributed by atoms with Crippen LogP contribution in [-0.2, 0) is 4.79 Å². The minimum absolute atomic E-state index is 0.0767. The summed E-state index contributed by atoms with van der Waals surface area (Å²) >= 11 is 0. The lowest BCUT2D eigenvalue weighted by molar-refractivity contribution is -0.121. The van der Waals surface area contributed by atoms with E-state index in [-0.39, 0.29) is 17.9 Å². The minimum atomic E-state index is -0.453. The monoisotopic (exact) mass is 363 g/mol. The molecule has 2 N–H and O–H groups in total. The van der Waals surface area contributed by atoms with E-state index >= 15 is 0 Å². The van der Waals surface area contributed by atoms with Crippen LogP contribution in [0.2, 0.25) is 0 Å². The fourth-order valence-corrected chi connectivity index (χ4v) is 3.62. The first kappa shape index (κ1) is 19.1. The molecule has 2 aromatic carbocycles. The summed E-state index contributed by atoms with van der Waals surface area (Å²) in [6.07, 6.45) is 1.26. The van der Waals surface area contributed by atoms with Crippen molar-refractivity contribution in [1.82, 2.24) is 4.90 Å². The first-order chi connectivity index (χ1) is 13.1. The quantitative estimate of drug-likeness (QED) is 0.854. The molecule has 0 bridgehead atoms. The number of anilines is 1. The number of carbonyl (C=O) groups is 1. The predicted molar refractivity (Wildman–Crippen MR) is 105 cm³/mol. The first-order valence-electron chi connectivity index (χ1n) is 9.36. The molecular formula is C22H25N3O2. The highest BCUT2D eigenvalue weighted by atomic mass is 16.3. The highest BCUT2D eigenvalue weighted by molar-refractivity contribution is 5.94. The lowest BCUT2D eigenvalue weighted by atomic mass is 9.87. The maximum atomic E-state index is 12.6. The lowest BCUT2D eigenvalue weighted by Crippen LogP contribution is -2.46. The topological polar surface area (TPSA) is 76.4 Å². The molecule has 3 rings (SSSR count).